The number of pyridine rings is 1. The van der Waals surface area contributed by atoms with Gasteiger partial charge in [0.1, 0.15) is 24.1 Å². The van der Waals surface area contributed by atoms with Crippen LogP contribution >= 0.6 is 0 Å². The zero-order valence-corrected chi connectivity index (χ0v) is 14.9. The van der Waals surface area contributed by atoms with Crippen molar-refractivity contribution in [3.05, 3.63) is 81.5 Å². The standard InChI is InChI=1S/C21H17FN2O3/c1-13-9-17(18(11-23)21(25)24-13)16-7-4-8-19(26-2)20(16)27-12-14-5-3-6-15(22)10-14/h3-10H,12H2,1-2H3,(H,24,25). The van der Waals surface area contributed by atoms with Crippen molar-refractivity contribution < 1.29 is 13.9 Å². The topological polar surface area (TPSA) is 75.1 Å². The smallest absolute Gasteiger partial charge is 0.266 e. The van der Waals surface area contributed by atoms with E-state index in [0.717, 1.165) is 0 Å². The molecule has 0 amide bonds. The summed E-state index contributed by atoms with van der Waals surface area (Å²) in [6.07, 6.45) is 0. The third kappa shape index (κ3) is 3.82. The zero-order chi connectivity index (χ0) is 19.4. The van der Waals surface area contributed by atoms with E-state index < -0.39 is 5.56 Å². The van der Waals surface area contributed by atoms with Gasteiger partial charge in [0.25, 0.3) is 5.56 Å². The summed E-state index contributed by atoms with van der Waals surface area (Å²) >= 11 is 0. The minimum atomic E-state index is -0.466. The molecule has 0 saturated carbocycles. The molecule has 0 aliphatic heterocycles. The SMILES string of the molecule is COc1cccc(-c2cc(C)[nH]c(=O)c2C#N)c1OCc1cccc(F)c1. The van der Waals surface area contributed by atoms with E-state index in [4.69, 9.17) is 9.47 Å². The average Bonchev–Trinajstić information content (AvgIpc) is 2.65. The molecule has 0 atom stereocenters. The number of nitriles is 1. The van der Waals surface area contributed by atoms with Gasteiger partial charge >= 0.3 is 0 Å². The highest BCUT2D eigenvalue weighted by Crippen LogP contribution is 2.39. The van der Waals surface area contributed by atoms with E-state index in [1.54, 1.807) is 43.3 Å². The number of hydrogen-bond acceptors (Lipinski definition) is 4. The molecule has 0 spiro atoms. The largest absolute Gasteiger partial charge is 0.493 e. The molecule has 3 aromatic rings. The van der Waals surface area contributed by atoms with E-state index in [0.29, 0.717) is 33.9 Å². The van der Waals surface area contributed by atoms with E-state index >= 15 is 0 Å². The highest BCUT2D eigenvalue weighted by atomic mass is 19.1. The molecule has 27 heavy (non-hydrogen) atoms. The second-order valence-electron chi connectivity index (χ2n) is 5.94. The van der Waals surface area contributed by atoms with Gasteiger partial charge in [-0.25, -0.2) is 4.39 Å². The predicted octanol–water partition coefficient (Wildman–Crippen LogP) is 3.95. The number of aromatic nitrogens is 1. The lowest BCUT2D eigenvalue weighted by Crippen LogP contribution is -2.13. The van der Waals surface area contributed by atoms with Gasteiger partial charge in [-0.2, -0.15) is 5.26 Å². The lowest BCUT2D eigenvalue weighted by Gasteiger charge is -2.16. The van der Waals surface area contributed by atoms with Crippen molar-refractivity contribution in [1.82, 2.24) is 4.98 Å². The quantitative estimate of drug-likeness (QED) is 0.744. The Morgan fingerprint density at radius 1 is 1.15 bits per heavy atom. The summed E-state index contributed by atoms with van der Waals surface area (Å²) in [5.41, 5.74) is 1.79. The van der Waals surface area contributed by atoms with Crippen LogP contribution in [-0.4, -0.2) is 12.1 Å². The van der Waals surface area contributed by atoms with Crippen LogP contribution in [0.15, 0.2) is 53.3 Å². The van der Waals surface area contributed by atoms with Crippen molar-refractivity contribution in [1.29, 1.82) is 5.26 Å². The molecule has 0 radical (unpaired) electrons. The van der Waals surface area contributed by atoms with E-state index in [9.17, 15) is 14.4 Å². The molecule has 0 aliphatic carbocycles. The number of H-pyrrole nitrogens is 1. The molecule has 5 nitrogen and oxygen atoms in total. The molecule has 1 heterocycles. The number of hydrogen-bond donors (Lipinski definition) is 1. The predicted molar refractivity (Wildman–Crippen MR) is 99.2 cm³/mol. The summed E-state index contributed by atoms with van der Waals surface area (Å²) in [6.45, 7) is 1.84. The van der Waals surface area contributed by atoms with Crippen LogP contribution in [0.2, 0.25) is 0 Å². The van der Waals surface area contributed by atoms with Crippen LogP contribution in [-0.2, 0) is 6.61 Å². The number of nitrogens with one attached hydrogen (secondary N) is 1. The number of rotatable bonds is 5. The summed E-state index contributed by atoms with van der Waals surface area (Å²) in [5, 5.41) is 9.42. The Morgan fingerprint density at radius 2 is 1.93 bits per heavy atom. The van der Waals surface area contributed by atoms with Gasteiger partial charge in [0, 0.05) is 16.8 Å². The Hall–Kier alpha value is -3.59. The number of methoxy groups -OCH3 is 1. The first-order valence-corrected chi connectivity index (χ1v) is 8.22. The fourth-order valence-electron chi connectivity index (χ4n) is 2.83. The van der Waals surface area contributed by atoms with Crippen LogP contribution in [0.5, 0.6) is 11.5 Å². The molecule has 1 aromatic heterocycles. The van der Waals surface area contributed by atoms with Crippen molar-refractivity contribution in [2.45, 2.75) is 13.5 Å². The lowest BCUT2D eigenvalue weighted by atomic mass is 9.99. The molecular formula is C21H17FN2O3. The van der Waals surface area contributed by atoms with Crippen LogP contribution < -0.4 is 15.0 Å². The molecule has 3 rings (SSSR count). The number of nitrogens with zero attached hydrogens (tertiary/aromatic N) is 1. The monoisotopic (exact) mass is 364 g/mol. The maximum Gasteiger partial charge on any atom is 0.266 e. The van der Waals surface area contributed by atoms with Gasteiger partial charge < -0.3 is 14.5 Å². The summed E-state index contributed by atoms with van der Waals surface area (Å²) in [5.74, 6) is 0.477. The maximum absolute atomic E-state index is 13.4. The summed E-state index contributed by atoms with van der Waals surface area (Å²) in [7, 11) is 1.50. The van der Waals surface area contributed by atoms with Crippen molar-refractivity contribution in [2.75, 3.05) is 7.11 Å². The minimum Gasteiger partial charge on any atom is -0.493 e. The molecule has 6 heteroatoms. The van der Waals surface area contributed by atoms with Gasteiger partial charge in [-0.15, -0.1) is 0 Å². The highest BCUT2D eigenvalue weighted by molar-refractivity contribution is 5.78. The average molecular weight is 364 g/mol. The first-order valence-electron chi connectivity index (χ1n) is 8.22. The maximum atomic E-state index is 13.4. The fraction of sp³-hybridized carbons (Fsp3) is 0.143. The van der Waals surface area contributed by atoms with Gasteiger partial charge in [0.15, 0.2) is 11.5 Å². The van der Waals surface area contributed by atoms with Crippen LogP contribution in [0.4, 0.5) is 4.39 Å². The van der Waals surface area contributed by atoms with Gasteiger partial charge in [0.2, 0.25) is 0 Å². The number of aromatic amines is 1. The Morgan fingerprint density at radius 3 is 2.63 bits per heavy atom. The van der Waals surface area contributed by atoms with Gasteiger partial charge in [-0.1, -0.05) is 24.3 Å². The molecule has 136 valence electrons. The Kier molecular flexibility index (Phi) is 5.23. The number of ether oxygens (including phenoxy) is 2. The normalized spacial score (nSPS) is 10.3. The number of aryl methyl sites for hydroxylation is 1. The third-order valence-electron chi connectivity index (χ3n) is 4.04. The van der Waals surface area contributed by atoms with Crippen LogP contribution in [0, 0.1) is 24.1 Å². The van der Waals surface area contributed by atoms with Crippen molar-refractivity contribution >= 4 is 0 Å². The lowest BCUT2D eigenvalue weighted by molar-refractivity contribution is 0.285. The van der Waals surface area contributed by atoms with Crippen LogP contribution in [0.1, 0.15) is 16.8 Å². The van der Waals surface area contributed by atoms with Crippen LogP contribution in [0.25, 0.3) is 11.1 Å². The Balaban J connectivity index is 2.10. The molecule has 0 fully saturated rings. The number of para-hydroxylation sites is 1. The van der Waals surface area contributed by atoms with Gasteiger partial charge in [-0.05, 0) is 36.8 Å². The summed E-state index contributed by atoms with van der Waals surface area (Å²) < 4.78 is 24.7. The second-order valence-corrected chi connectivity index (χ2v) is 5.94. The fourth-order valence-corrected chi connectivity index (χ4v) is 2.83. The molecular weight excluding hydrogens is 347 g/mol. The molecule has 2 aromatic carbocycles. The second kappa shape index (κ2) is 7.75. The molecule has 0 unspecified atom stereocenters. The van der Waals surface area contributed by atoms with E-state index in [-0.39, 0.29) is 18.0 Å². The number of benzene rings is 2. The van der Waals surface area contributed by atoms with Crippen molar-refractivity contribution in [2.24, 2.45) is 0 Å². The first-order chi connectivity index (χ1) is 13.0. The number of halogens is 1. The Bertz CT molecular complexity index is 1080. The summed E-state index contributed by atoms with van der Waals surface area (Å²) in [6, 6.07) is 15.0. The van der Waals surface area contributed by atoms with Crippen LogP contribution in [0.3, 0.4) is 0 Å². The zero-order valence-electron chi connectivity index (χ0n) is 14.9. The minimum absolute atomic E-state index is 0.00976. The van der Waals surface area contributed by atoms with Crippen molar-refractivity contribution in [3.63, 3.8) is 0 Å². The highest BCUT2D eigenvalue weighted by Gasteiger charge is 2.18. The molecule has 0 bridgehead atoms. The molecule has 1 N–H and O–H groups in total. The van der Waals surface area contributed by atoms with Crippen molar-refractivity contribution in [3.8, 4) is 28.7 Å². The van der Waals surface area contributed by atoms with E-state index in [1.807, 2.05) is 6.07 Å². The van der Waals surface area contributed by atoms with Gasteiger partial charge in [0.05, 0.1) is 7.11 Å². The Labute approximate surface area is 155 Å². The first kappa shape index (κ1) is 18.2. The molecule has 0 saturated heterocycles. The third-order valence-corrected chi connectivity index (χ3v) is 4.04. The molecule has 0 aliphatic rings. The van der Waals surface area contributed by atoms with Gasteiger partial charge in [-0.3, -0.25) is 4.79 Å². The van der Waals surface area contributed by atoms with E-state index in [1.165, 1.54) is 19.2 Å². The van der Waals surface area contributed by atoms with E-state index in [2.05, 4.69) is 4.98 Å². The summed E-state index contributed by atoms with van der Waals surface area (Å²) in [4.78, 5) is 14.8.